The average molecular weight is 227 g/mol. The molecule has 16 heavy (non-hydrogen) atoms. The lowest BCUT2D eigenvalue weighted by molar-refractivity contribution is -0.119. The third-order valence-electron chi connectivity index (χ3n) is 3.61. The first-order valence-corrected chi connectivity index (χ1v) is 6.41. The second kappa shape index (κ2) is 6.36. The maximum atomic E-state index is 11.3. The van der Waals surface area contributed by atoms with Gasteiger partial charge < -0.3 is 14.8 Å². The van der Waals surface area contributed by atoms with E-state index in [0.29, 0.717) is 0 Å². The first-order valence-electron chi connectivity index (χ1n) is 6.41. The van der Waals surface area contributed by atoms with Crippen molar-refractivity contribution in [3.05, 3.63) is 0 Å². The highest BCUT2D eigenvalue weighted by atomic mass is 16.3. The number of hydrogen-bond acceptors (Lipinski definition) is 3. The highest BCUT2D eigenvalue weighted by molar-refractivity contribution is 5.60. The van der Waals surface area contributed by atoms with E-state index in [9.17, 15) is 9.90 Å². The van der Waals surface area contributed by atoms with Gasteiger partial charge in [-0.15, -0.1) is 0 Å². The molecule has 0 aromatic rings. The number of aliphatic hydroxyl groups excluding tert-OH is 1. The van der Waals surface area contributed by atoms with Crippen LogP contribution in [0.1, 0.15) is 45.4 Å². The molecule has 1 rings (SSSR count). The molecule has 94 valence electrons. The Morgan fingerprint density at radius 3 is 2.50 bits per heavy atom. The minimum Gasteiger partial charge on any atom is -0.393 e. The van der Waals surface area contributed by atoms with E-state index in [2.05, 4.69) is 4.90 Å². The van der Waals surface area contributed by atoms with Crippen LogP contribution in [0.15, 0.2) is 0 Å². The molecule has 1 aliphatic rings. The summed E-state index contributed by atoms with van der Waals surface area (Å²) >= 11 is 0. The molecule has 0 radical (unpaired) electrons. The van der Waals surface area contributed by atoms with E-state index in [1.54, 1.807) is 0 Å². The third-order valence-corrected chi connectivity index (χ3v) is 3.61. The number of aliphatic hydroxyl groups is 1. The summed E-state index contributed by atoms with van der Waals surface area (Å²) in [5.74, 6) is 0. The van der Waals surface area contributed by atoms with Gasteiger partial charge in [0.15, 0.2) is 0 Å². The zero-order valence-corrected chi connectivity index (χ0v) is 10.6. The van der Waals surface area contributed by atoms with Crippen molar-refractivity contribution in [1.82, 2.24) is 4.90 Å². The van der Waals surface area contributed by atoms with Crippen molar-refractivity contribution < 1.29 is 9.90 Å². The largest absolute Gasteiger partial charge is 0.393 e. The number of carbonyl (C=O) groups excluding carboxylic acids is 1. The Hall–Kier alpha value is -0.410. The maximum absolute atomic E-state index is 11.3. The SMILES string of the molecule is CC(O)CCN(C)CC1(C=O)CCCCC1. The van der Waals surface area contributed by atoms with Crippen molar-refractivity contribution in [1.29, 1.82) is 0 Å². The van der Waals surface area contributed by atoms with Gasteiger partial charge >= 0.3 is 0 Å². The summed E-state index contributed by atoms with van der Waals surface area (Å²) in [7, 11) is 2.04. The van der Waals surface area contributed by atoms with Gasteiger partial charge in [-0.3, -0.25) is 0 Å². The van der Waals surface area contributed by atoms with E-state index >= 15 is 0 Å². The summed E-state index contributed by atoms with van der Waals surface area (Å²) < 4.78 is 0. The van der Waals surface area contributed by atoms with Crippen LogP contribution in [0.4, 0.5) is 0 Å². The molecule has 1 unspecified atom stereocenters. The van der Waals surface area contributed by atoms with Gasteiger partial charge in [-0.25, -0.2) is 0 Å². The predicted molar refractivity (Wildman–Crippen MR) is 65.4 cm³/mol. The van der Waals surface area contributed by atoms with Gasteiger partial charge in [0.05, 0.1) is 6.10 Å². The summed E-state index contributed by atoms with van der Waals surface area (Å²) in [4.78, 5) is 13.5. The molecule has 0 heterocycles. The highest BCUT2D eigenvalue weighted by Crippen LogP contribution is 2.34. The zero-order chi connectivity index (χ0) is 12.0. The monoisotopic (exact) mass is 227 g/mol. The van der Waals surface area contributed by atoms with Crippen molar-refractivity contribution >= 4 is 6.29 Å². The number of aldehydes is 1. The molecule has 0 aliphatic heterocycles. The Morgan fingerprint density at radius 2 is 2.00 bits per heavy atom. The van der Waals surface area contributed by atoms with E-state index in [-0.39, 0.29) is 11.5 Å². The van der Waals surface area contributed by atoms with E-state index in [1.165, 1.54) is 25.5 Å². The second-order valence-corrected chi connectivity index (χ2v) is 5.42. The van der Waals surface area contributed by atoms with Crippen molar-refractivity contribution in [3.8, 4) is 0 Å². The maximum Gasteiger partial charge on any atom is 0.127 e. The first kappa shape index (κ1) is 13.7. The van der Waals surface area contributed by atoms with E-state index in [1.807, 2.05) is 14.0 Å². The Labute approximate surface area is 98.8 Å². The van der Waals surface area contributed by atoms with Gasteiger partial charge in [-0.2, -0.15) is 0 Å². The van der Waals surface area contributed by atoms with Crippen LogP contribution in [0.5, 0.6) is 0 Å². The second-order valence-electron chi connectivity index (χ2n) is 5.42. The minimum atomic E-state index is -0.249. The third kappa shape index (κ3) is 4.22. The fourth-order valence-electron chi connectivity index (χ4n) is 2.59. The van der Waals surface area contributed by atoms with Gasteiger partial charge in [0.2, 0.25) is 0 Å². The Bertz CT molecular complexity index is 210. The molecule has 0 saturated heterocycles. The molecule has 0 aromatic carbocycles. The number of nitrogens with zero attached hydrogens (tertiary/aromatic N) is 1. The van der Waals surface area contributed by atoms with Crippen molar-refractivity contribution in [2.75, 3.05) is 20.1 Å². The van der Waals surface area contributed by atoms with Crippen LogP contribution in [0.25, 0.3) is 0 Å². The molecule has 0 aromatic heterocycles. The fourth-order valence-corrected chi connectivity index (χ4v) is 2.59. The lowest BCUT2D eigenvalue weighted by Gasteiger charge is -2.35. The molecule has 0 amide bonds. The van der Waals surface area contributed by atoms with Gasteiger partial charge in [0.25, 0.3) is 0 Å². The van der Waals surface area contributed by atoms with Crippen molar-refractivity contribution in [2.24, 2.45) is 5.41 Å². The van der Waals surface area contributed by atoms with E-state index in [0.717, 1.165) is 32.4 Å². The van der Waals surface area contributed by atoms with Crippen LogP contribution in [0.3, 0.4) is 0 Å². The molecule has 0 spiro atoms. The summed E-state index contributed by atoms with van der Waals surface area (Å²) in [6.07, 6.45) is 7.42. The quantitative estimate of drug-likeness (QED) is 0.704. The summed E-state index contributed by atoms with van der Waals surface area (Å²) in [6.45, 7) is 3.53. The van der Waals surface area contributed by atoms with Gasteiger partial charge in [-0.05, 0) is 33.2 Å². The van der Waals surface area contributed by atoms with Crippen molar-refractivity contribution in [3.63, 3.8) is 0 Å². The summed E-state index contributed by atoms with van der Waals surface area (Å²) in [5.41, 5.74) is -0.105. The lowest BCUT2D eigenvalue weighted by atomic mass is 9.75. The minimum absolute atomic E-state index is 0.105. The topological polar surface area (TPSA) is 40.5 Å². The van der Waals surface area contributed by atoms with Crippen LogP contribution in [-0.2, 0) is 4.79 Å². The molecule has 3 heteroatoms. The zero-order valence-electron chi connectivity index (χ0n) is 10.6. The highest BCUT2D eigenvalue weighted by Gasteiger charge is 2.32. The molecular formula is C13H25NO2. The molecule has 3 nitrogen and oxygen atoms in total. The molecule has 0 bridgehead atoms. The van der Waals surface area contributed by atoms with Crippen molar-refractivity contribution in [2.45, 2.75) is 51.6 Å². The average Bonchev–Trinajstić information content (AvgIpc) is 2.28. The lowest BCUT2D eigenvalue weighted by Crippen LogP contribution is -2.39. The molecule has 1 N–H and O–H groups in total. The Kier molecular flexibility index (Phi) is 5.42. The standard InChI is InChI=1S/C13H25NO2/c1-12(16)6-9-14(2)10-13(11-15)7-4-3-5-8-13/h11-12,16H,3-10H2,1-2H3. The van der Waals surface area contributed by atoms with Crippen LogP contribution in [0, 0.1) is 5.41 Å². The Morgan fingerprint density at radius 1 is 1.38 bits per heavy atom. The van der Waals surface area contributed by atoms with Gasteiger partial charge in [0, 0.05) is 18.5 Å². The predicted octanol–water partition coefficient (Wildman–Crippen LogP) is 1.84. The van der Waals surface area contributed by atoms with E-state index < -0.39 is 0 Å². The molecule has 1 aliphatic carbocycles. The first-order chi connectivity index (χ1) is 7.58. The number of hydrogen-bond donors (Lipinski definition) is 1. The molecule has 1 fully saturated rings. The number of carbonyl (C=O) groups is 1. The summed E-state index contributed by atoms with van der Waals surface area (Å²) in [6, 6.07) is 0. The normalized spacial score (nSPS) is 22.0. The summed E-state index contributed by atoms with van der Waals surface area (Å²) in [5, 5.41) is 9.23. The van der Waals surface area contributed by atoms with Crippen LogP contribution < -0.4 is 0 Å². The van der Waals surface area contributed by atoms with Gasteiger partial charge in [0.1, 0.15) is 6.29 Å². The smallest absolute Gasteiger partial charge is 0.127 e. The van der Waals surface area contributed by atoms with E-state index in [4.69, 9.17) is 0 Å². The molecule has 1 atom stereocenters. The molecule has 1 saturated carbocycles. The van der Waals surface area contributed by atoms with Crippen LogP contribution in [-0.4, -0.2) is 42.5 Å². The molecular weight excluding hydrogens is 202 g/mol. The van der Waals surface area contributed by atoms with Crippen LogP contribution >= 0.6 is 0 Å². The van der Waals surface area contributed by atoms with Crippen LogP contribution in [0.2, 0.25) is 0 Å². The van der Waals surface area contributed by atoms with Gasteiger partial charge in [-0.1, -0.05) is 19.3 Å². The Balaban J connectivity index is 2.39. The fraction of sp³-hybridized carbons (Fsp3) is 0.923. The number of rotatable bonds is 6.